The molecule has 1 aromatic rings. The standard InChI is InChI=1S/C15H25NO/c1-4-10-17-12-15(16-3)11-14-8-6-13(5-2)7-9-14/h6-9,15-16H,4-5,10-12H2,1-3H3. The molecular formula is C15H25NO. The quantitative estimate of drug-likeness (QED) is 0.700. The number of likely N-dealkylation sites (N-methyl/N-ethyl adjacent to an activating group) is 1. The van der Waals surface area contributed by atoms with Crippen LogP contribution >= 0.6 is 0 Å². The molecule has 0 saturated carbocycles. The van der Waals surface area contributed by atoms with Crippen LogP contribution in [-0.4, -0.2) is 26.3 Å². The molecule has 0 spiro atoms. The highest BCUT2D eigenvalue weighted by Crippen LogP contribution is 2.07. The molecule has 2 nitrogen and oxygen atoms in total. The van der Waals surface area contributed by atoms with Gasteiger partial charge in [-0.15, -0.1) is 0 Å². The summed E-state index contributed by atoms with van der Waals surface area (Å²) in [4.78, 5) is 0. The van der Waals surface area contributed by atoms with Crippen molar-refractivity contribution in [3.05, 3.63) is 35.4 Å². The van der Waals surface area contributed by atoms with Crippen molar-refractivity contribution in [2.75, 3.05) is 20.3 Å². The van der Waals surface area contributed by atoms with Gasteiger partial charge in [-0.1, -0.05) is 38.1 Å². The van der Waals surface area contributed by atoms with E-state index in [2.05, 4.69) is 43.4 Å². The van der Waals surface area contributed by atoms with Gasteiger partial charge in [-0.05, 0) is 37.4 Å². The highest BCUT2D eigenvalue weighted by atomic mass is 16.5. The van der Waals surface area contributed by atoms with Crippen molar-refractivity contribution in [2.24, 2.45) is 0 Å². The average molecular weight is 235 g/mol. The number of hydrogen-bond acceptors (Lipinski definition) is 2. The Kier molecular flexibility index (Phi) is 6.90. The highest BCUT2D eigenvalue weighted by molar-refractivity contribution is 5.23. The molecule has 1 aromatic carbocycles. The number of aryl methyl sites for hydroxylation is 1. The van der Waals surface area contributed by atoms with E-state index in [4.69, 9.17) is 4.74 Å². The summed E-state index contributed by atoms with van der Waals surface area (Å²) in [7, 11) is 2.00. The van der Waals surface area contributed by atoms with Gasteiger partial charge in [0.05, 0.1) is 6.61 Å². The van der Waals surface area contributed by atoms with Crippen molar-refractivity contribution in [1.82, 2.24) is 5.32 Å². The largest absolute Gasteiger partial charge is 0.380 e. The van der Waals surface area contributed by atoms with Crippen LogP contribution in [0.3, 0.4) is 0 Å². The van der Waals surface area contributed by atoms with E-state index in [0.717, 1.165) is 32.5 Å². The Bertz CT molecular complexity index is 294. The summed E-state index contributed by atoms with van der Waals surface area (Å²) in [6, 6.07) is 9.30. The van der Waals surface area contributed by atoms with Gasteiger partial charge < -0.3 is 10.1 Å². The summed E-state index contributed by atoms with van der Waals surface area (Å²) in [5.41, 5.74) is 2.78. The first-order valence-corrected chi connectivity index (χ1v) is 6.63. The molecular weight excluding hydrogens is 210 g/mol. The van der Waals surface area contributed by atoms with Crippen molar-refractivity contribution in [3.63, 3.8) is 0 Å². The van der Waals surface area contributed by atoms with Crippen LogP contribution < -0.4 is 5.32 Å². The van der Waals surface area contributed by atoms with Gasteiger partial charge in [0.15, 0.2) is 0 Å². The predicted octanol–water partition coefficient (Wildman–Crippen LogP) is 2.81. The summed E-state index contributed by atoms with van der Waals surface area (Å²) >= 11 is 0. The molecule has 1 unspecified atom stereocenters. The molecule has 0 aromatic heterocycles. The maximum absolute atomic E-state index is 5.59. The maximum Gasteiger partial charge on any atom is 0.0622 e. The molecule has 1 atom stereocenters. The minimum atomic E-state index is 0.411. The fourth-order valence-corrected chi connectivity index (χ4v) is 1.81. The van der Waals surface area contributed by atoms with Crippen molar-refractivity contribution >= 4 is 0 Å². The predicted molar refractivity (Wildman–Crippen MR) is 73.5 cm³/mol. The van der Waals surface area contributed by atoms with Crippen molar-refractivity contribution in [1.29, 1.82) is 0 Å². The molecule has 0 aliphatic carbocycles. The molecule has 0 amide bonds. The van der Waals surface area contributed by atoms with Crippen LogP contribution in [0, 0.1) is 0 Å². The topological polar surface area (TPSA) is 21.3 Å². The number of ether oxygens (including phenoxy) is 1. The van der Waals surface area contributed by atoms with E-state index in [1.165, 1.54) is 11.1 Å². The zero-order valence-electron chi connectivity index (χ0n) is 11.3. The molecule has 0 radical (unpaired) electrons. The first-order valence-electron chi connectivity index (χ1n) is 6.63. The van der Waals surface area contributed by atoms with Gasteiger partial charge in [0, 0.05) is 12.6 Å². The molecule has 0 heterocycles. The van der Waals surface area contributed by atoms with Gasteiger partial charge in [0.2, 0.25) is 0 Å². The van der Waals surface area contributed by atoms with Crippen molar-refractivity contribution in [3.8, 4) is 0 Å². The van der Waals surface area contributed by atoms with Crippen LogP contribution in [0.4, 0.5) is 0 Å². The second-order valence-electron chi connectivity index (χ2n) is 4.43. The van der Waals surface area contributed by atoms with Crippen LogP contribution in [0.2, 0.25) is 0 Å². The molecule has 96 valence electrons. The van der Waals surface area contributed by atoms with Crippen LogP contribution in [-0.2, 0) is 17.6 Å². The third-order valence-electron chi connectivity index (χ3n) is 2.99. The molecule has 0 aliphatic heterocycles. The minimum Gasteiger partial charge on any atom is -0.380 e. The first-order chi connectivity index (χ1) is 8.30. The van der Waals surface area contributed by atoms with Crippen LogP contribution in [0.15, 0.2) is 24.3 Å². The molecule has 2 heteroatoms. The average Bonchev–Trinajstić information content (AvgIpc) is 2.38. The lowest BCUT2D eigenvalue weighted by molar-refractivity contribution is 0.114. The van der Waals surface area contributed by atoms with Gasteiger partial charge in [-0.3, -0.25) is 0 Å². The first kappa shape index (κ1) is 14.2. The van der Waals surface area contributed by atoms with Gasteiger partial charge in [0.1, 0.15) is 0 Å². The Balaban J connectivity index is 2.43. The van der Waals surface area contributed by atoms with E-state index in [9.17, 15) is 0 Å². The smallest absolute Gasteiger partial charge is 0.0622 e. The second-order valence-corrected chi connectivity index (χ2v) is 4.43. The van der Waals surface area contributed by atoms with E-state index in [-0.39, 0.29) is 0 Å². The van der Waals surface area contributed by atoms with Crippen molar-refractivity contribution < 1.29 is 4.74 Å². The third kappa shape index (κ3) is 5.33. The summed E-state index contributed by atoms with van der Waals surface area (Å²) in [6.45, 7) is 5.97. The lowest BCUT2D eigenvalue weighted by Gasteiger charge is -2.16. The summed E-state index contributed by atoms with van der Waals surface area (Å²) < 4.78 is 5.59. The van der Waals surface area contributed by atoms with Crippen LogP contribution in [0.1, 0.15) is 31.4 Å². The Morgan fingerprint density at radius 1 is 1.12 bits per heavy atom. The highest BCUT2D eigenvalue weighted by Gasteiger charge is 2.07. The van der Waals surface area contributed by atoms with E-state index in [1.807, 2.05) is 7.05 Å². The molecule has 1 rings (SSSR count). The second kappa shape index (κ2) is 8.26. The molecule has 1 N–H and O–H groups in total. The zero-order chi connectivity index (χ0) is 12.5. The maximum atomic E-state index is 5.59. The van der Waals surface area contributed by atoms with E-state index < -0.39 is 0 Å². The van der Waals surface area contributed by atoms with E-state index >= 15 is 0 Å². The van der Waals surface area contributed by atoms with Crippen LogP contribution in [0.25, 0.3) is 0 Å². The molecule has 0 saturated heterocycles. The van der Waals surface area contributed by atoms with Crippen molar-refractivity contribution in [2.45, 2.75) is 39.2 Å². The molecule has 0 fully saturated rings. The lowest BCUT2D eigenvalue weighted by Crippen LogP contribution is -2.32. The van der Waals surface area contributed by atoms with Crippen LogP contribution in [0.5, 0.6) is 0 Å². The monoisotopic (exact) mass is 235 g/mol. The molecule has 0 aliphatic rings. The molecule has 17 heavy (non-hydrogen) atoms. The van der Waals surface area contributed by atoms with Gasteiger partial charge in [-0.25, -0.2) is 0 Å². The lowest BCUT2D eigenvalue weighted by atomic mass is 10.0. The SMILES string of the molecule is CCCOCC(Cc1ccc(CC)cc1)NC. The van der Waals surface area contributed by atoms with E-state index in [0.29, 0.717) is 6.04 Å². The number of hydrogen-bond donors (Lipinski definition) is 1. The minimum absolute atomic E-state index is 0.411. The van der Waals surface area contributed by atoms with Gasteiger partial charge >= 0.3 is 0 Å². The molecule has 0 bridgehead atoms. The number of rotatable bonds is 8. The summed E-state index contributed by atoms with van der Waals surface area (Å²) in [6.07, 6.45) is 3.22. The Hall–Kier alpha value is -0.860. The van der Waals surface area contributed by atoms with E-state index in [1.54, 1.807) is 0 Å². The Labute approximate surface area is 105 Å². The van der Waals surface area contributed by atoms with Gasteiger partial charge in [0.25, 0.3) is 0 Å². The zero-order valence-corrected chi connectivity index (χ0v) is 11.3. The Morgan fingerprint density at radius 2 is 1.76 bits per heavy atom. The van der Waals surface area contributed by atoms with Gasteiger partial charge in [-0.2, -0.15) is 0 Å². The Morgan fingerprint density at radius 3 is 2.29 bits per heavy atom. The summed E-state index contributed by atoms with van der Waals surface area (Å²) in [5.74, 6) is 0. The number of benzene rings is 1. The fourth-order valence-electron chi connectivity index (χ4n) is 1.81. The third-order valence-corrected chi connectivity index (χ3v) is 2.99. The fraction of sp³-hybridized carbons (Fsp3) is 0.600. The summed E-state index contributed by atoms with van der Waals surface area (Å²) in [5, 5.41) is 3.31. The normalized spacial score (nSPS) is 12.6. The number of nitrogens with one attached hydrogen (secondary N) is 1.